The molecule has 0 aliphatic rings. The lowest BCUT2D eigenvalue weighted by Crippen LogP contribution is -2.47. The summed E-state index contributed by atoms with van der Waals surface area (Å²) in [7, 11) is 0. The fraction of sp³-hybridized carbons (Fsp3) is 0.300. The minimum absolute atomic E-state index is 0.130. The summed E-state index contributed by atoms with van der Waals surface area (Å²) in [4.78, 5) is 11.0. The van der Waals surface area contributed by atoms with Gasteiger partial charge in [-0.25, -0.2) is 4.39 Å². The van der Waals surface area contributed by atoms with Gasteiger partial charge in [-0.3, -0.25) is 4.79 Å². The Morgan fingerprint density at radius 1 is 1.50 bits per heavy atom. The minimum Gasteiger partial charge on any atom is -0.368 e. The lowest BCUT2D eigenvalue weighted by atomic mass is 9.91. The first kappa shape index (κ1) is 10.7. The number of amides is 1. The Hall–Kier alpha value is -1.42. The third-order valence-corrected chi connectivity index (χ3v) is 2.26. The van der Waals surface area contributed by atoms with Crippen molar-refractivity contribution >= 4 is 5.91 Å². The van der Waals surface area contributed by atoms with E-state index >= 15 is 0 Å². The second kappa shape index (κ2) is 3.38. The zero-order chi connectivity index (χ0) is 10.9. The van der Waals surface area contributed by atoms with E-state index in [0.29, 0.717) is 5.56 Å². The highest BCUT2D eigenvalue weighted by atomic mass is 19.1. The van der Waals surface area contributed by atoms with Crippen LogP contribution in [0.5, 0.6) is 0 Å². The molecular formula is C10H13FN2O. The zero-order valence-electron chi connectivity index (χ0n) is 8.17. The van der Waals surface area contributed by atoms with Crippen molar-refractivity contribution in [3.63, 3.8) is 0 Å². The number of rotatable bonds is 2. The van der Waals surface area contributed by atoms with Crippen LogP contribution in [-0.4, -0.2) is 5.91 Å². The van der Waals surface area contributed by atoms with E-state index in [0.717, 1.165) is 0 Å². The Morgan fingerprint density at radius 3 is 2.57 bits per heavy atom. The fourth-order valence-corrected chi connectivity index (χ4v) is 1.18. The fourth-order valence-electron chi connectivity index (χ4n) is 1.18. The van der Waals surface area contributed by atoms with E-state index in [9.17, 15) is 9.18 Å². The number of benzene rings is 1. The van der Waals surface area contributed by atoms with Gasteiger partial charge < -0.3 is 11.5 Å². The molecule has 1 amide bonds. The molecule has 0 bridgehead atoms. The third kappa shape index (κ3) is 1.61. The van der Waals surface area contributed by atoms with Gasteiger partial charge in [0.25, 0.3) is 0 Å². The van der Waals surface area contributed by atoms with Crippen LogP contribution in [0, 0.1) is 12.7 Å². The maximum atomic E-state index is 13.6. The molecule has 0 saturated heterocycles. The molecule has 1 atom stereocenters. The first-order chi connectivity index (χ1) is 6.37. The van der Waals surface area contributed by atoms with Gasteiger partial charge in [-0.1, -0.05) is 18.2 Å². The van der Waals surface area contributed by atoms with Crippen LogP contribution in [0.15, 0.2) is 18.2 Å². The van der Waals surface area contributed by atoms with Crippen molar-refractivity contribution in [1.29, 1.82) is 0 Å². The van der Waals surface area contributed by atoms with Crippen molar-refractivity contribution in [3.05, 3.63) is 35.1 Å². The molecule has 0 aliphatic carbocycles. The third-order valence-electron chi connectivity index (χ3n) is 2.26. The van der Waals surface area contributed by atoms with Gasteiger partial charge in [-0.05, 0) is 19.4 Å². The molecule has 0 aliphatic heterocycles. The summed E-state index contributed by atoms with van der Waals surface area (Å²) in [5.74, 6) is -1.22. The SMILES string of the molecule is Cc1cccc(C(C)(N)C(N)=O)c1F. The van der Waals surface area contributed by atoms with Gasteiger partial charge in [0.2, 0.25) is 5.91 Å². The van der Waals surface area contributed by atoms with Gasteiger partial charge in [0.1, 0.15) is 11.4 Å². The summed E-state index contributed by atoms with van der Waals surface area (Å²) in [6, 6.07) is 4.71. The average Bonchev–Trinajstić information content (AvgIpc) is 2.09. The molecule has 0 fully saturated rings. The smallest absolute Gasteiger partial charge is 0.241 e. The Balaban J connectivity index is 3.33. The van der Waals surface area contributed by atoms with Crippen LogP contribution >= 0.6 is 0 Å². The summed E-state index contributed by atoms with van der Waals surface area (Å²) in [6.45, 7) is 3.00. The number of hydrogen-bond donors (Lipinski definition) is 2. The van der Waals surface area contributed by atoms with Gasteiger partial charge >= 0.3 is 0 Å². The minimum atomic E-state index is -1.46. The van der Waals surface area contributed by atoms with Gasteiger partial charge in [0, 0.05) is 5.56 Å². The molecule has 3 nitrogen and oxygen atoms in total. The maximum absolute atomic E-state index is 13.6. The molecule has 0 radical (unpaired) electrons. The molecule has 1 aromatic rings. The van der Waals surface area contributed by atoms with Crippen LogP contribution in [0.3, 0.4) is 0 Å². The summed E-state index contributed by atoms with van der Waals surface area (Å²) in [6.07, 6.45) is 0. The number of hydrogen-bond acceptors (Lipinski definition) is 2. The highest BCUT2D eigenvalue weighted by Gasteiger charge is 2.31. The van der Waals surface area contributed by atoms with Crippen molar-refractivity contribution in [2.24, 2.45) is 11.5 Å². The standard InChI is InChI=1S/C10H13FN2O/c1-6-4-3-5-7(8(6)11)10(2,13)9(12)14/h3-5H,13H2,1-2H3,(H2,12,14). The molecule has 1 aromatic carbocycles. The summed E-state index contributed by atoms with van der Waals surface area (Å²) < 4.78 is 13.6. The van der Waals surface area contributed by atoms with Crippen molar-refractivity contribution in [3.8, 4) is 0 Å². The molecule has 14 heavy (non-hydrogen) atoms. The predicted molar refractivity (Wildman–Crippen MR) is 51.9 cm³/mol. The van der Waals surface area contributed by atoms with E-state index in [1.807, 2.05) is 0 Å². The molecule has 1 rings (SSSR count). The largest absolute Gasteiger partial charge is 0.368 e. The number of carbonyl (C=O) groups excluding carboxylic acids is 1. The van der Waals surface area contributed by atoms with Crippen molar-refractivity contribution in [2.75, 3.05) is 0 Å². The van der Waals surface area contributed by atoms with Crippen LogP contribution in [0.4, 0.5) is 4.39 Å². The average molecular weight is 196 g/mol. The molecule has 0 aromatic heterocycles. The first-order valence-corrected chi connectivity index (χ1v) is 4.21. The van der Waals surface area contributed by atoms with E-state index in [-0.39, 0.29) is 5.56 Å². The van der Waals surface area contributed by atoms with E-state index in [1.54, 1.807) is 19.1 Å². The molecule has 0 spiro atoms. The van der Waals surface area contributed by atoms with Crippen LogP contribution in [0.25, 0.3) is 0 Å². The van der Waals surface area contributed by atoms with Crippen LogP contribution in [-0.2, 0) is 10.3 Å². The second-order valence-electron chi connectivity index (χ2n) is 3.50. The van der Waals surface area contributed by atoms with Crippen LogP contribution in [0.1, 0.15) is 18.1 Å². The second-order valence-corrected chi connectivity index (χ2v) is 3.50. The van der Waals surface area contributed by atoms with Crippen LogP contribution < -0.4 is 11.5 Å². The van der Waals surface area contributed by atoms with Gasteiger partial charge in [0.05, 0.1) is 0 Å². The number of nitrogens with two attached hydrogens (primary N) is 2. The molecule has 4 heteroatoms. The Bertz CT molecular complexity index is 374. The molecular weight excluding hydrogens is 183 g/mol. The van der Waals surface area contributed by atoms with E-state index in [2.05, 4.69) is 0 Å². The molecule has 4 N–H and O–H groups in total. The van der Waals surface area contributed by atoms with Gasteiger partial charge in [-0.15, -0.1) is 0 Å². The normalized spacial score (nSPS) is 14.9. The van der Waals surface area contributed by atoms with Gasteiger partial charge in [0.15, 0.2) is 0 Å². The zero-order valence-corrected chi connectivity index (χ0v) is 8.17. The number of halogens is 1. The monoisotopic (exact) mass is 196 g/mol. The van der Waals surface area contributed by atoms with E-state index in [4.69, 9.17) is 11.5 Å². The van der Waals surface area contributed by atoms with Crippen molar-refractivity contribution < 1.29 is 9.18 Å². The number of aryl methyl sites for hydroxylation is 1. The number of carbonyl (C=O) groups is 1. The highest BCUT2D eigenvalue weighted by molar-refractivity contribution is 5.85. The summed E-state index contributed by atoms with van der Waals surface area (Å²) in [5, 5.41) is 0. The lowest BCUT2D eigenvalue weighted by molar-refractivity contribution is -0.122. The van der Waals surface area contributed by atoms with Crippen molar-refractivity contribution in [1.82, 2.24) is 0 Å². The van der Waals surface area contributed by atoms with E-state index < -0.39 is 17.3 Å². The topological polar surface area (TPSA) is 69.1 Å². The van der Waals surface area contributed by atoms with Gasteiger partial charge in [-0.2, -0.15) is 0 Å². The Kier molecular flexibility index (Phi) is 2.57. The molecule has 0 saturated carbocycles. The molecule has 1 unspecified atom stereocenters. The molecule has 0 heterocycles. The number of primary amides is 1. The predicted octanol–water partition coefficient (Wildman–Crippen LogP) is 0.793. The summed E-state index contributed by atoms with van der Waals surface area (Å²) in [5.41, 5.74) is 9.84. The van der Waals surface area contributed by atoms with E-state index in [1.165, 1.54) is 13.0 Å². The lowest BCUT2D eigenvalue weighted by Gasteiger charge is -2.22. The Labute approximate surface area is 81.9 Å². The quantitative estimate of drug-likeness (QED) is 0.734. The van der Waals surface area contributed by atoms with Crippen LogP contribution in [0.2, 0.25) is 0 Å². The Morgan fingerprint density at radius 2 is 2.07 bits per heavy atom. The molecule has 76 valence electrons. The highest BCUT2D eigenvalue weighted by Crippen LogP contribution is 2.22. The first-order valence-electron chi connectivity index (χ1n) is 4.21. The van der Waals surface area contributed by atoms with Crippen molar-refractivity contribution in [2.45, 2.75) is 19.4 Å². The maximum Gasteiger partial charge on any atom is 0.241 e. The summed E-state index contributed by atoms with van der Waals surface area (Å²) >= 11 is 0.